The average Bonchev–Trinajstić information content (AvgIpc) is 3.53. The lowest BCUT2D eigenvalue weighted by Crippen LogP contribution is -2.46. The summed E-state index contributed by atoms with van der Waals surface area (Å²) in [4.78, 5) is 120. The first-order valence-electron chi connectivity index (χ1n) is 27.9. The summed E-state index contributed by atoms with van der Waals surface area (Å²) in [6, 6.07) is 5.80. The molecule has 0 aliphatic carbocycles. The monoisotopic (exact) mass is 1110 g/mol. The Labute approximate surface area is 466 Å². The predicted octanol–water partition coefficient (Wildman–Crippen LogP) is 15.3. The molecular formula is C60H70Cl4N4O8. The molecule has 8 rings (SSSR count). The molecule has 0 spiro atoms. The normalized spacial score (nSPS) is 16.8. The molecule has 0 saturated carbocycles. The summed E-state index contributed by atoms with van der Waals surface area (Å²) < 4.78 is 0. The van der Waals surface area contributed by atoms with Crippen molar-refractivity contribution in [2.45, 2.75) is 157 Å². The zero-order valence-electron chi connectivity index (χ0n) is 44.7. The zero-order chi connectivity index (χ0) is 54.9. The molecule has 8 amide bonds. The van der Waals surface area contributed by atoms with Crippen molar-refractivity contribution in [1.29, 1.82) is 0 Å². The Morgan fingerprint density at radius 2 is 0.553 bits per heavy atom. The Morgan fingerprint density at radius 3 is 0.855 bits per heavy atom. The van der Waals surface area contributed by atoms with Gasteiger partial charge in [0.2, 0.25) is 0 Å². The highest BCUT2D eigenvalue weighted by molar-refractivity contribution is 6.46. The summed E-state index contributed by atoms with van der Waals surface area (Å²) in [5.41, 5.74) is 0.874. The largest absolute Gasteiger partial charge is 0.274 e. The second kappa shape index (κ2) is 24.4. The van der Waals surface area contributed by atoms with Gasteiger partial charge in [0, 0.05) is 47.7 Å². The molecule has 4 atom stereocenters. The maximum absolute atomic E-state index is 14.6. The smallest absolute Gasteiger partial charge is 0.262 e. The van der Waals surface area contributed by atoms with E-state index in [9.17, 15) is 38.4 Å². The fourth-order valence-electron chi connectivity index (χ4n) is 12.2. The molecule has 0 fully saturated rings. The molecule has 76 heavy (non-hydrogen) atoms. The van der Waals surface area contributed by atoms with Crippen LogP contribution in [0.25, 0.3) is 21.5 Å². The number of halogens is 4. The Morgan fingerprint density at radius 1 is 0.316 bits per heavy atom. The lowest BCUT2D eigenvalue weighted by Gasteiger charge is -2.35. The van der Waals surface area contributed by atoms with Gasteiger partial charge >= 0.3 is 0 Å². The summed E-state index contributed by atoms with van der Waals surface area (Å²) in [6.45, 7) is 13.1. The lowest BCUT2D eigenvalue weighted by molar-refractivity contribution is 0.0555. The number of imide groups is 4. The molecule has 4 unspecified atom stereocenters. The number of amides is 8. The van der Waals surface area contributed by atoms with Crippen molar-refractivity contribution in [3.63, 3.8) is 0 Å². The van der Waals surface area contributed by atoms with Crippen LogP contribution in [0.15, 0.2) is 24.3 Å². The highest BCUT2D eigenvalue weighted by atomic mass is 35.5. The second-order valence-corrected chi connectivity index (χ2v) is 23.3. The molecule has 0 bridgehead atoms. The third-order valence-corrected chi connectivity index (χ3v) is 17.8. The van der Waals surface area contributed by atoms with Crippen molar-refractivity contribution in [2.24, 2.45) is 23.7 Å². The topological polar surface area (TPSA) is 150 Å². The molecule has 4 aliphatic rings. The van der Waals surface area contributed by atoms with E-state index in [4.69, 9.17) is 46.4 Å². The molecule has 4 aromatic rings. The van der Waals surface area contributed by atoms with Gasteiger partial charge in [0.1, 0.15) is 0 Å². The molecule has 0 aromatic heterocycles. The number of hydrogen-bond donors (Lipinski definition) is 0. The van der Waals surface area contributed by atoms with Gasteiger partial charge in [0.05, 0.1) is 64.6 Å². The lowest BCUT2D eigenvalue weighted by atomic mass is 9.84. The number of unbranched alkanes of at least 4 members (excludes halogenated alkanes) is 5. The van der Waals surface area contributed by atoms with Gasteiger partial charge in [-0.25, -0.2) is 0 Å². The maximum Gasteiger partial charge on any atom is 0.262 e. The molecule has 0 saturated heterocycles. The highest BCUT2D eigenvalue weighted by Crippen LogP contribution is 2.47. The molecule has 0 radical (unpaired) electrons. The molecule has 4 aromatic carbocycles. The van der Waals surface area contributed by atoms with Crippen LogP contribution in [0.1, 0.15) is 240 Å². The van der Waals surface area contributed by atoms with E-state index in [0.29, 0.717) is 12.8 Å². The van der Waals surface area contributed by atoms with Crippen LogP contribution in [-0.2, 0) is 0 Å². The average molecular weight is 1120 g/mol. The van der Waals surface area contributed by atoms with E-state index in [0.717, 1.165) is 103 Å². The number of rotatable bonds is 27. The quantitative estimate of drug-likeness (QED) is 0.0423. The van der Waals surface area contributed by atoms with Crippen molar-refractivity contribution in [3.05, 3.63) is 88.9 Å². The van der Waals surface area contributed by atoms with Crippen molar-refractivity contribution < 1.29 is 38.4 Å². The standard InChI is InChI=1S/C60H70Cl4N4O8/c1-7-13-19-33(11-5)29-65-53(69)37-25-43(63)50-52-45(37)38(54(65)70)26-44(64)51(52)60(76)68(59(50)75)32-36(22-16-10-4)24-18-17-23-35(21-15-9-3)31-67-56(72)40-28-41(61)48-46-39(27-42(62)49(47(40)46)58(67)74)55(71)66(57(48)73)30-34(12-6)20-14-8-2/h25-28,33-36H,7-24,29-32H2,1-6H3. The van der Waals surface area contributed by atoms with Gasteiger partial charge in [0.25, 0.3) is 47.3 Å². The van der Waals surface area contributed by atoms with Crippen LogP contribution in [0.4, 0.5) is 0 Å². The molecule has 12 nitrogen and oxygen atoms in total. The van der Waals surface area contributed by atoms with Crippen LogP contribution >= 0.6 is 46.4 Å². The fourth-order valence-corrected chi connectivity index (χ4v) is 13.3. The molecule has 16 heteroatoms. The summed E-state index contributed by atoms with van der Waals surface area (Å²) in [5.74, 6) is -4.39. The number of benzene rings is 4. The third kappa shape index (κ3) is 10.6. The minimum Gasteiger partial charge on any atom is -0.274 e. The first-order valence-corrected chi connectivity index (χ1v) is 29.4. The van der Waals surface area contributed by atoms with E-state index in [1.54, 1.807) is 0 Å². The van der Waals surface area contributed by atoms with E-state index < -0.39 is 47.3 Å². The highest BCUT2D eigenvalue weighted by Gasteiger charge is 2.45. The van der Waals surface area contributed by atoms with E-state index in [-0.39, 0.29) is 136 Å². The van der Waals surface area contributed by atoms with E-state index in [2.05, 4.69) is 27.7 Å². The van der Waals surface area contributed by atoms with Gasteiger partial charge in [-0.15, -0.1) is 0 Å². The zero-order valence-corrected chi connectivity index (χ0v) is 47.8. The van der Waals surface area contributed by atoms with E-state index >= 15 is 0 Å². The summed E-state index contributed by atoms with van der Waals surface area (Å²) in [5, 5.41) is 0.840. The van der Waals surface area contributed by atoms with Crippen molar-refractivity contribution in [1.82, 2.24) is 19.6 Å². The van der Waals surface area contributed by atoms with Crippen LogP contribution in [0.3, 0.4) is 0 Å². The van der Waals surface area contributed by atoms with Crippen LogP contribution in [0.2, 0.25) is 20.1 Å². The van der Waals surface area contributed by atoms with Crippen molar-refractivity contribution in [3.8, 4) is 0 Å². The Balaban J connectivity index is 0.982. The predicted molar refractivity (Wildman–Crippen MR) is 301 cm³/mol. The van der Waals surface area contributed by atoms with E-state index in [1.165, 1.54) is 43.9 Å². The molecule has 406 valence electrons. The summed E-state index contributed by atoms with van der Waals surface area (Å²) >= 11 is 27.7. The van der Waals surface area contributed by atoms with Crippen LogP contribution < -0.4 is 0 Å². The van der Waals surface area contributed by atoms with Gasteiger partial charge < -0.3 is 0 Å². The van der Waals surface area contributed by atoms with Gasteiger partial charge in [-0.1, -0.05) is 165 Å². The van der Waals surface area contributed by atoms with Gasteiger partial charge in [0.15, 0.2) is 0 Å². The van der Waals surface area contributed by atoms with Crippen molar-refractivity contribution >= 4 is 115 Å². The fraction of sp³-hybridized carbons (Fsp3) is 0.533. The van der Waals surface area contributed by atoms with Gasteiger partial charge in [-0.2, -0.15) is 0 Å². The number of carbonyl (C=O) groups excluding carboxylic acids is 8. The van der Waals surface area contributed by atoms with Crippen LogP contribution in [0, 0.1) is 23.7 Å². The minimum absolute atomic E-state index is 0.0124. The third-order valence-electron chi connectivity index (χ3n) is 16.6. The SMILES string of the molecule is CCCCC(CC)CN1C(=O)c2cc(Cl)c3c4c(c(Cl)cc(c24)C1=O)C(=O)N(CC(CCCC)CCCCC(CCCC)CN1C(=O)c2cc(Cl)c4c5c(cc(Cl)c(c25)C1=O)C(=O)N(CC(CC)CCCC)C4=O)C3=O. The van der Waals surface area contributed by atoms with E-state index in [1.807, 2.05) is 13.8 Å². The van der Waals surface area contributed by atoms with Crippen LogP contribution in [-0.4, -0.2) is 93.0 Å². The summed E-state index contributed by atoms with van der Waals surface area (Å²) in [6.07, 6.45) is 15.0. The first kappa shape index (κ1) is 57.3. The van der Waals surface area contributed by atoms with Gasteiger partial charge in [-0.05, 0) is 86.5 Å². The minimum atomic E-state index is -0.599. The number of hydrogen-bond acceptors (Lipinski definition) is 8. The van der Waals surface area contributed by atoms with Crippen LogP contribution in [0.5, 0.6) is 0 Å². The Hall–Kier alpha value is -4.88. The van der Waals surface area contributed by atoms with Crippen molar-refractivity contribution in [2.75, 3.05) is 26.2 Å². The number of carbonyl (C=O) groups is 8. The summed E-state index contributed by atoms with van der Waals surface area (Å²) in [7, 11) is 0. The Kier molecular flexibility index (Phi) is 18.4. The Bertz CT molecular complexity index is 2970. The van der Waals surface area contributed by atoms with Gasteiger partial charge in [-0.3, -0.25) is 58.0 Å². The second-order valence-electron chi connectivity index (χ2n) is 21.6. The molecule has 0 N–H and O–H groups in total. The molecular weight excluding hydrogens is 1050 g/mol. The molecule has 4 heterocycles. The first-order chi connectivity index (χ1) is 36.5. The maximum atomic E-state index is 14.6. The molecule has 4 aliphatic heterocycles. The number of nitrogens with zero attached hydrogens (tertiary/aromatic N) is 4.